The smallest absolute Gasteiger partial charge is 0.261 e. The van der Waals surface area contributed by atoms with Gasteiger partial charge in [0.2, 0.25) is 0 Å². The van der Waals surface area contributed by atoms with E-state index in [-0.39, 0.29) is 5.56 Å². The fourth-order valence-corrected chi connectivity index (χ4v) is 3.89. The van der Waals surface area contributed by atoms with Crippen molar-refractivity contribution >= 4 is 28.2 Å². The number of piperazine rings is 1. The van der Waals surface area contributed by atoms with E-state index in [2.05, 4.69) is 26.9 Å². The number of benzene rings is 2. The molecule has 146 valence electrons. The molecule has 28 heavy (non-hydrogen) atoms. The van der Waals surface area contributed by atoms with Crippen LogP contribution in [0, 0.1) is 0 Å². The summed E-state index contributed by atoms with van der Waals surface area (Å²) in [6.07, 6.45) is 3.74. The molecule has 3 aromatic rings. The van der Waals surface area contributed by atoms with Gasteiger partial charge in [-0.3, -0.25) is 14.3 Å². The summed E-state index contributed by atoms with van der Waals surface area (Å²) >= 11 is 5.98. The van der Waals surface area contributed by atoms with Gasteiger partial charge in [-0.05, 0) is 55.8 Å². The van der Waals surface area contributed by atoms with Crippen LogP contribution in [0.15, 0.2) is 59.7 Å². The Kier molecular flexibility index (Phi) is 5.93. The van der Waals surface area contributed by atoms with Crippen molar-refractivity contribution in [3.63, 3.8) is 0 Å². The van der Waals surface area contributed by atoms with E-state index < -0.39 is 0 Å². The van der Waals surface area contributed by atoms with Crippen molar-refractivity contribution in [2.45, 2.75) is 19.4 Å². The van der Waals surface area contributed by atoms with Crippen LogP contribution >= 0.6 is 11.6 Å². The number of halogens is 1. The van der Waals surface area contributed by atoms with Crippen LogP contribution in [0.1, 0.15) is 12.8 Å². The largest absolute Gasteiger partial charge is 0.369 e. The van der Waals surface area contributed by atoms with Crippen LogP contribution in [0.25, 0.3) is 10.9 Å². The van der Waals surface area contributed by atoms with Gasteiger partial charge in [-0.1, -0.05) is 23.7 Å². The van der Waals surface area contributed by atoms with Gasteiger partial charge in [0.05, 0.1) is 17.2 Å². The van der Waals surface area contributed by atoms with Crippen molar-refractivity contribution in [3.05, 3.63) is 70.2 Å². The summed E-state index contributed by atoms with van der Waals surface area (Å²) in [5, 5.41) is 1.48. The maximum atomic E-state index is 12.5. The summed E-state index contributed by atoms with van der Waals surface area (Å²) in [6.45, 7) is 6.01. The molecule has 2 heterocycles. The van der Waals surface area contributed by atoms with E-state index >= 15 is 0 Å². The first-order valence-corrected chi connectivity index (χ1v) is 10.3. The summed E-state index contributed by atoms with van der Waals surface area (Å²) in [5.41, 5.74) is 2.07. The Balaban J connectivity index is 1.23. The molecule has 0 radical (unpaired) electrons. The molecule has 0 unspecified atom stereocenters. The molecule has 5 nitrogen and oxygen atoms in total. The number of nitrogens with zero attached hydrogens (tertiary/aromatic N) is 4. The van der Waals surface area contributed by atoms with Crippen molar-refractivity contribution in [3.8, 4) is 0 Å². The molecule has 0 spiro atoms. The quantitative estimate of drug-likeness (QED) is 0.596. The molecule has 1 saturated heterocycles. The molecule has 1 aromatic heterocycles. The van der Waals surface area contributed by atoms with E-state index in [0.717, 1.165) is 62.6 Å². The standard InChI is InChI=1S/C22H25ClN4O/c23-18-7-9-19(10-8-18)26-15-13-25(14-16-26)11-3-4-12-27-17-24-21-6-2-1-5-20(21)22(27)28/h1-2,5-10,17H,3-4,11-16H2. The molecule has 0 N–H and O–H groups in total. The van der Waals surface area contributed by atoms with E-state index in [9.17, 15) is 4.79 Å². The van der Waals surface area contributed by atoms with Crippen molar-refractivity contribution in [1.29, 1.82) is 0 Å². The molecule has 0 saturated carbocycles. The lowest BCUT2D eigenvalue weighted by Gasteiger charge is -2.36. The number of unbranched alkanes of at least 4 members (excludes halogenated alkanes) is 1. The van der Waals surface area contributed by atoms with E-state index in [1.165, 1.54) is 5.69 Å². The van der Waals surface area contributed by atoms with E-state index in [4.69, 9.17) is 11.6 Å². The number of fused-ring (bicyclic) bond motifs is 1. The molecule has 1 fully saturated rings. The number of para-hydroxylation sites is 1. The molecule has 0 aliphatic carbocycles. The van der Waals surface area contributed by atoms with Gasteiger partial charge in [0.25, 0.3) is 5.56 Å². The molecule has 2 aromatic carbocycles. The second-order valence-corrected chi connectivity index (χ2v) is 7.71. The fourth-order valence-electron chi connectivity index (χ4n) is 3.76. The van der Waals surface area contributed by atoms with Gasteiger partial charge in [-0.2, -0.15) is 0 Å². The first kappa shape index (κ1) is 19.0. The maximum Gasteiger partial charge on any atom is 0.261 e. The monoisotopic (exact) mass is 396 g/mol. The third-order valence-electron chi connectivity index (χ3n) is 5.42. The molecule has 1 aliphatic rings. The second-order valence-electron chi connectivity index (χ2n) is 7.27. The molecule has 0 atom stereocenters. The molecule has 4 rings (SSSR count). The maximum absolute atomic E-state index is 12.5. The highest BCUT2D eigenvalue weighted by molar-refractivity contribution is 6.30. The van der Waals surface area contributed by atoms with Gasteiger partial charge < -0.3 is 4.90 Å². The minimum atomic E-state index is 0.0576. The Morgan fingerprint density at radius 1 is 0.893 bits per heavy atom. The molecule has 0 bridgehead atoms. The molecule has 0 amide bonds. The van der Waals surface area contributed by atoms with Crippen LogP contribution in [0.2, 0.25) is 5.02 Å². The third-order valence-corrected chi connectivity index (χ3v) is 5.67. The lowest BCUT2D eigenvalue weighted by atomic mass is 10.2. The van der Waals surface area contributed by atoms with Crippen LogP contribution in [0.4, 0.5) is 5.69 Å². The van der Waals surface area contributed by atoms with Gasteiger partial charge >= 0.3 is 0 Å². The number of rotatable bonds is 6. The second kappa shape index (κ2) is 8.76. The SMILES string of the molecule is O=c1c2ccccc2ncn1CCCCN1CCN(c2ccc(Cl)cc2)CC1. The normalized spacial score (nSPS) is 15.2. The van der Waals surface area contributed by atoms with Gasteiger partial charge in [-0.25, -0.2) is 4.98 Å². The third kappa shape index (κ3) is 4.37. The molecular formula is C22H25ClN4O. The number of anilines is 1. The van der Waals surface area contributed by atoms with E-state index in [1.807, 2.05) is 36.4 Å². The summed E-state index contributed by atoms with van der Waals surface area (Å²) < 4.78 is 1.74. The van der Waals surface area contributed by atoms with Crippen molar-refractivity contribution in [1.82, 2.24) is 14.5 Å². The number of aryl methyl sites for hydroxylation is 1. The highest BCUT2D eigenvalue weighted by Gasteiger charge is 2.16. The Bertz CT molecular complexity index is 978. The first-order chi connectivity index (χ1) is 13.7. The van der Waals surface area contributed by atoms with Crippen LogP contribution in [0.3, 0.4) is 0 Å². The number of hydrogen-bond donors (Lipinski definition) is 0. The topological polar surface area (TPSA) is 41.4 Å². The van der Waals surface area contributed by atoms with Gasteiger partial charge in [-0.15, -0.1) is 0 Å². The summed E-state index contributed by atoms with van der Waals surface area (Å²) in [6, 6.07) is 15.6. The number of hydrogen-bond acceptors (Lipinski definition) is 4. The average Bonchev–Trinajstić information content (AvgIpc) is 2.74. The predicted molar refractivity (Wildman–Crippen MR) is 115 cm³/mol. The Hall–Kier alpha value is -2.37. The zero-order chi connectivity index (χ0) is 19.3. The number of aromatic nitrogens is 2. The summed E-state index contributed by atoms with van der Waals surface area (Å²) in [5.74, 6) is 0. The zero-order valence-electron chi connectivity index (χ0n) is 15.9. The zero-order valence-corrected chi connectivity index (χ0v) is 16.7. The van der Waals surface area contributed by atoms with Crippen LogP contribution in [-0.4, -0.2) is 47.2 Å². The summed E-state index contributed by atoms with van der Waals surface area (Å²) in [7, 11) is 0. The average molecular weight is 397 g/mol. The fraction of sp³-hybridized carbons (Fsp3) is 0.364. The van der Waals surface area contributed by atoms with Crippen LogP contribution in [0.5, 0.6) is 0 Å². The molecular weight excluding hydrogens is 372 g/mol. The van der Waals surface area contributed by atoms with E-state index in [0.29, 0.717) is 5.39 Å². The van der Waals surface area contributed by atoms with Crippen molar-refractivity contribution in [2.75, 3.05) is 37.6 Å². The Morgan fingerprint density at radius 2 is 1.61 bits per heavy atom. The van der Waals surface area contributed by atoms with E-state index in [1.54, 1.807) is 10.9 Å². The lowest BCUT2D eigenvalue weighted by molar-refractivity contribution is 0.251. The van der Waals surface area contributed by atoms with Crippen molar-refractivity contribution < 1.29 is 0 Å². The molecule has 6 heteroatoms. The van der Waals surface area contributed by atoms with Crippen LogP contribution in [-0.2, 0) is 6.54 Å². The van der Waals surface area contributed by atoms with Gasteiger partial charge in [0, 0.05) is 43.4 Å². The molecule has 1 aliphatic heterocycles. The minimum absolute atomic E-state index is 0.0576. The van der Waals surface area contributed by atoms with Gasteiger partial charge in [0.1, 0.15) is 0 Å². The minimum Gasteiger partial charge on any atom is -0.369 e. The highest BCUT2D eigenvalue weighted by atomic mass is 35.5. The Morgan fingerprint density at radius 3 is 2.39 bits per heavy atom. The predicted octanol–water partition coefficient (Wildman–Crippen LogP) is 3.65. The highest BCUT2D eigenvalue weighted by Crippen LogP contribution is 2.19. The summed E-state index contributed by atoms with van der Waals surface area (Å²) in [4.78, 5) is 21.8. The Labute approximate surface area is 170 Å². The van der Waals surface area contributed by atoms with Crippen molar-refractivity contribution in [2.24, 2.45) is 0 Å². The van der Waals surface area contributed by atoms with Crippen LogP contribution < -0.4 is 10.5 Å². The lowest BCUT2D eigenvalue weighted by Crippen LogP contribution is -2.46. The van der Waals surface area contributed by atoms with Gasteiger partial charge in [0.15, 0.2) is 0 Å². The first-order valence-electron chi connectivity index (χ1n) is 9.88.